The molecular weight excluding hydrogens is 431 g/mol. The first kappa shape index (κ1) is 22.3. The van der Waals surface area contributed by atoms with Crippen molar-refractivity contribution in [1.29, 1.82) is 0 Å². The summed E-state index contributed by atoms with van der Waals surface area (Å²) in [5, 5.41) is 3.78. The molecule has 2 heterocycles. The maximum atomic E-state index is 13.4. The number of benzene rings is 2. The highest BCUT2D eigenvalue weighted by Crippen LogP contribution is 2.30. The molecule has 0 saturated carbocycles. The van der Waals surface area contributed by atoms with Gasteiger partial charge in [0.15, 0.2) is 0 Å². The highest BCUT2D eigenvalue weighted by atomic mass is 35.5. The summed E-state index contributed by atoms with van der Waals surface area (Å²) in [6.07, 6.45) is 3.32. The molecule has 0 aliphatic carbocycles. The van der Waals surface area contributed by atoms with E-state index in [-0.39, 0.29) is 17.6 Å². The molecule has 2 N–H and O–H groups in total. The van der Waals surface area contributed by atoms with Crippen LogP contribution in [-0.2, 0) is 22.4 Å². The molecule has 1 atom stereocenters. The van der Waals surface area contributed by atoms with Crippen molar-refractivity contribution in [2.24, 2.45) is 0 Å². The number of nitrogens with one attached hydrogen (secondary N) is 2. The number of nitrogens with zero attached hydrogens (tertiary/aromatic N) is 2. The minimum absolute atomic E-state index is 0.0174. The Morgan fingerprint density at radius 1 is 1.25 bits per heavy atom. The first-order chi connectivity index (χ1) is 15.3. The summed E-state index contributed by atoms with van der Waals surface area (Å²) in [4.78, 5) is 34.0. The lowest BCUT2D eigenvalue weighted by atomic mass is 9.85. The van der Waals surface area contributed by atoms with E-state index in [0.717, 1.165) is 5.56 Å². The van der Waals surface area contributed by atoms with Crippen LogP contribution in [0.2, 0.25) is 5.02 Å². The number of carbonyl (C=O) groups excluding carboxylic acids is 2. The maximum Gasteiger partial charge on any atom is 0.222 e. The molecule has 4 rings (SSSR count). The molecule has 6 nitrogen and oxygen atoms in total. The summed E-state index contributed by atoms with van der Waals surface area (Å²) in [5.74, 6) is 0.448. The van der Waals surface area contributed by atoms with Crippen LogP contribution in [0.15, 0.2) is 42.5 Å². The van der Waals surface area contributed by atoms with Gasteiger partial charge in [-0.2, -0.15) is 0 Å². The Kier molecular flexibility index (Phi) is 6.46. The predicted octanol–water partition coefficient (Wildman–Crippen LogP) is 4.03. The molecule has 0 bridgehead atoms. The van der Waals surface area contributed by atoms with Crippen molar-refractivity contribution in [2.75, 3.05) is 13.6 Å². The molecule has 168 valence electrons. The van der Waals surface area contributed by atoms with Crippen LogP contribution in [0.5, 0.6) is 0 Å². The molecular formula is C24H26ClFN4O2. The number of likely N-dealkylation sites (N-methyl/N-ethyl adjacent to an activating group) is 1. The lowest BCUT2D eigenvalue weighted by Gasteiger charge is -2.30. The Bertz CT molecular complexity index is 1130. The molecule has 32 heavy (non-hydrogen) atoms. The molecule has 1 aliphatic rings. The van der Waals surface area contributed by atoms with Gasteiger partial charge in [0, 0.05) is 43.4 Å². The number of aromatic nitrogens is 2. The molecule has 0 radical (unpaired) electrons. The molecule has 1 aliphatic heterocycles. The molecule has 8 heteroatoms. The van der Waals surface area contributed by atoms with Gasteiger partial charge >= 0.3 is 0 Å². The third kappa shape index (κ3) is 5.27. The summed E-state index contributed by atoms with van der Waals surface area (Å²) in [7, 11) is 1.77. The minimum Gasteiger partial charge on any atom is -0.350 e. The van der Waals surface area contributed by atoms with Crippen molar-refractivity contribution < 1.29 is 14.0 Å². The number of amides is 2. The zero-order valence-electron chi connectivity index (χ0n) is 18.0. The average molecular weight is 457 g/mol. The Morgan fingerprint density at radius 3 is 2.75 bits per heavy atom. The van der Waals surface area contributed by atoms with Crippen molar-refractivity contribution in [1.82, 2.24) is 20.2 Å². The van der Waals surface area contributed by atoms with Gasteiger partial charge in [0.05, 0.1) is 11.0 Å². The lowest BCUT2D eigenvalue weighted by Crippen LogP contribution is -2.44. The first-order valence-electron chi connectivity index (χ1n) is 10.8. The van der Waals surface area contributed by atoms with Crippen molar-refractivity contribution in [2.45, 2.75) is 44.1 Å². The summed E-state index contributed by atoms with van der Waals surface area (Å²) >= 11 is 5.98. The number of H-pyrrole nitrogens is 1. The topological polar surface area (TPSA) is 78.1 Å². The third-order valence-electron chi connectivity index (χ3n) is 6.11. The Balaban J connectivity index is 1.33. The van der Waals surface area contributed by atoms with E-state index in [4.69, 9.17) is 11.6 Å². The SMILES string of the molecule is CN(CCc1nc2ccc(F)cc2[nH]1)C(=O)CCC1(Cc2ccc(Cl)cc2)CCC(=O)N1. The van der Waals surface area contributed by atoms with Crippen molar-refractivity contribution in [3.05, 3.63) is 64.7 Å². The van der Waals surface area contributed by atoms with Gasteiger partial charge in [0.25, 0.3) is 0 Å². The summed E-state index contributed by atoms with van der Waals surface area (Å²) < 4.78 is 13.4. The largest absolute Gasteiger partial charge is 0.350 e. The van der Waals surface area contributed by atoms with Crippen LogP contribution in [-0.4, -0.2) is 45.8 Å². The van der Waals surface area contributed by atoms with E-state index in [1.165, 1.54) is 12.1 Å². The monoisotopic (exact) mass is 456 g/mol. The Hall–Kier alpha value is -2.93. The number of carbonyl (C=O) groups is 2. The predicted molar refractivity (Wildman–Crippen MR) is 122 cm³/mol. The smallest absolute Gasteiger partial charge is 0.222 e. The van der Waals surface area contributed by atoms with E-state index in [1.807, 2.05) is 24.3 Å². The van der Waals surface area contributed by atoms with Crippen LogP contribution >= 0.6 is 11.6 Å². The van der Waals surface area contributed by atoms with Gasteiger partial charge in [-0.15, -0.1) is 0 Å². The average Bonchev–Trinajstić information content (AvgIpc) is 3.34. The van der Waals surface area contributed by atoms with E-state index in [0.29, 0.717) is 67.0 Å². The molecule has 2 aromatic carbocycles. The Morgan fingerprint density at radius 2 is 2.03 bits per heavy atom. The first-order valence-corrected chi connectivity index (χ1v) is 11.1. The summed E-state index contributed by atoms with van der Waals surface area (Å²) in [5.41, 5.74) is 2.02. The second kappa shape index (κ2) is 9.28. The van der Waals surface area contributed by atoms with Gasteiger partial charge in [0.2, 0.25) is 11.8 Å². The van der Waals surface area contributed by atoms with E-state index < -0.39 is 5.54 Å². The fourth-order valence-corrected chi connectivity index (χ4v) is 4.39. The second-order valence-electron chi connectivity index (χ2n) is 8.54. The number of halogens is 2. The van der Waals surface area contributed by atoms with Gasteiger partial charge in [-0.1, -0.05) is 23.7 Å². The number of hydrogen-bond acceptors (Lipinski definition) is 3. The molecule has 1 aromatic heterocycles. The lowest BCUT2D eigenvalue weighted by molar-refractivity contribution is -0.130. The number of imidazole rings is 1. The Labute approximate surface area is 191 Å². The number of fused-ring (bicyclic) bond motifs is 1. The number of rotatable bonds is 8. The van der Waals surface area contributed by atoms with Crippen LogP contribution in [0, 0.1) is 5.82 Å². The van der Waals surface area contributed by atoms with Gasteiger partial charge in [-0.3, -0.25) is 9.59 Å². The van der Waals surface area contributed by atoms with Gasteiger partial charge in [-0.25, -0.2) is 9.37 Å². The molecule has 1 fully saturated rings. The highest BCUT2D eigenvalue weighted by Gasteiger charge is 2.38. The minimum atomic E-state index is -0.412. The molecule has 0 spiro atoms. The van der Waals surface area contributed by atoms with Crippen LogP contribution in [0.4, 0.5) is 4.39 Å². The van der Waals surface area contributed by atoms with E-state index in [1.54, 1.807) is 18.0 Å². The zero-order valence-corrected chi connectivity index (χ0v) is 18.7. The van der Waals surface area contributed by atoms with E-state index >= 15 is 0 Å². The van der Waals surface area contributed by atoms with Crippen molar-refractivity contribution >= 4 is 34.4 Å². The van der Waals surface area contributed by atoms with Crippen LogP contribution in [0.1, 0.15) is 37.1 Å². The molecule has 1 saturated heterocycles. The maximum absolute atomic E-state index is 13.4. The van der Waals surface area contributed by atoms with Crippen molar-refractivity contribution in [3.8, 4) is 0 Å². The van der Waals surface area contributed by atoms with Crippen LogP contribution in [0.3, 0.4) is 0 Å². The highest BCUT2D eigenvalue weighted by molar-refractivity contribution is 6.30. The second-order valence-corrected chi connectivity index (χ2v) is 8.98. The van der Waals surface area contributed by atoms with Gasteiger partial charge < -0.3 is 15.2 Å². The summed E-state index contributed by atoms with van der Waals surface area (Å²) in [6, 6.07) is 12.0. The zero-order chi connectivity index (χ0) is 22.7. The van der Waals surface area contributed by atoms with E-state index in [9.17, 15) is 14.0 Å². The third-order valence-corrected chi connectivity index (χ3v) is 6.36. The number of hydrogen-bond donors (Lipinski definition) is 2. The van der Waals surface area contributed by atoms with Gasteiger partial charge in [0.1, 0.15) is 11.6 Å². The molecule has 2 amide bonds. The summed E-state index contributed by atoms with van der Waals surface area (Å²) in [6.45, 7) is 0.498. The number of aromatic amines is 1. The normalized spacial score (nSPS) is 18.2. The van der Waals surface area contributed by atoms with Crippen LogP contribution in [0.25, 0.3) is 11.0 Å². The fraction of sp³-hybridized carbons (Fsp3) is 0.375. The standard InChI is InChI=1S/C24H26ClFN4O2/c1-30(13-10-21-27-19-7-6-18(26)14-20(19)28-21)23(32)9-12-24(11-8-22(31)29-24)15-16-2-4-17(25)5-3-16/h2-7,14H,8-13,15H2,1H3,(H,27,28)(H,29,31). The van der Waals surface area contributed by atoms with E-state index in [2.05, 4.69) is 15.3 Å². The van der Waals surface area contributed by atoms with Crippen molar-refractivity contribution in [3.63, 3.8) is 0 Å². The molecule has 1 unspecified atom stereocenters. The fourth-order valence-electron chi connectivity index (χ4n) is 4.26. The quantitative estimate of drug-likeness (QED) is 0.537. The van der Waals surface area contributed by atoms with Crippen LogP contribution < -0.4 is 5.32 Å². The van der Waals surface area contributed by atoms with Gasteiger partial charge in [-0.05, 0) is 55.2 Å². The molecule has 3 aromatic rings.